The van der Waals surface area contributed by atoms with Crippen molar-refractivity contribution in [3.63, 3.8) is 0 Å². The van der Waals surface area contributed by atoms with E-state index in [1.165, 1.54) is 7.05 Å². The molecule has 1 heterocycles. The number of aromatic nitrogens is 1. The normalized spacial score (nSPS) is 9.96. The molecule has 0 N–H and O–H groups in total. The van der Waals surface area contributed by atoms with Crippen LogP contribution >= 0.6 is 0 Å². The number of carbonyl (C=O) groups is 2. The first-order valence-corrected chi connectivity index (χ1v) is 7.17. The van der Waals surface area contributed by atoms with Crippen molar-refractivity contribution in [3.05, 3.63) is 59.4 Å². The third-order valence-electron chi connectivity index (χ3n) is 3.36. The van der Waals surface area contributed by atoms with Crippen LogP contribution in [-0.2, 0) is 17.8 Å². The van der Waals surface area contributed by atoms with E-state index in [1.807, 2.05) is 37.3 Å². The van der Waals surface area contributed by atoms with E-state index in [4.69, 9.17) is 10.00 Å². The van der Waals surface area contributed by atoms with Crippen LogP contribution in [0.1, 0.15) is 28.5 Å². The van der Waals surface area contributed by atoms with Crippen molar-refractivity contribution in [1.29, 1.82) is 5.26 Å². The van der Waals surface area contributed by atoms with Gasteiger partial charge >= 0.3 is 6.09 Å². The first-order chi connectivity index (χ1) is 11.1. The molecule has 1 amide bonds. The van der Waals surface area contributed by atoms with Gasteiger partial charge in [0.2, 0.25) is 0 Å². The van der Waals surface area contributed by atoms with Crippen LogP contribution in [-0.4, -0.2) is 28.5 Å². The molecular formula is C17H17N3O3. The van der Waals surface area contributed by atoms with E-state index >= 15 is 0 Å². The average Bonchev–Trinajstić information content (AvgIpc) is 3.03. The van der Waals surface area contributed by atoms with Crippen molar-refractivity contribution in [2.75, 3.05) is 7.05 Å². The monoisotopic (exact) mass is 311 g/mol. The van der Waals surface area contributed by atoms with Gasteiger partial charge in [-0.3, -0.25) is 4.79 Å². The van der Waals surface area contributed by atoms with Gasteiger partial charge in [-0.2, -0.15) is 5.26 Å². The highest BCUT2D eigenvalue weighted by molar-refractivity contribution is 5.97. The van der Waals surface area contributed by atoms with Gasteiger partial charge in [0, 0.05) is 13.2 Å². The number of nitriles is 1. The zero-order valence-corrected chi connectivity index (χ0v) is 13.0. The molecule has 0 fully saturated rings. The summed E-state index contributed by atoms with van der Waals surface area (Å²) >= 11 is 0. The standard InChI is InChI=1S/C17H17N3O3/c1-3-13-9-15(16(21)19(2)12-18)20(10-13)17(22)23-11-14-7-5-4-6-8-14/h4-10H,3,11H2,1-2H3. The fraction of sp³-hybridized carbons (Fsp3) is 0.235. The molecule has 1 aromatic carbocycles. The van der Waals surface area contributed by atoms with Crippen LogP contribution in [0.15, 0.2) is 42.6 Å². The second kappa shape index (κ2) is 7.27. The van der Waals surface area contributed by atoms with Crippen LogP contribution < -0.4 is 0 Å². The lowest BCUT2D eigenvalue weighted by Gasteiger charge is -2.10. The highest BCUT2D eigenvalue weighted by atomic mass is 16.5. The number of hydrogen-bond donors (Lipinski definition) is 0. The van der Waals surface area contributed by atoms with Crippen LogP contribution in [0.2, 0.25) is 0 Å². The number of hydrogen-bond acceptors (Lipinski definition) is 4. The molecule has 0 bridgehead atoms. The fourth-order valence-electron chi connectivity index (χ4n) is 2.03. The molecule has 0 saturated carbocycles. The largest absolute Gasteiger partial charge is 0.444 e. The Kier molecular flexibility index (Phi) is 5.15. The molecule has 2 rings (SSSR count). The van der Waals surface area contributed by atoms with Gasteiger partial charge in [-0.05, 0) is 23.6 Å². The molecule has 23 heavy (non-hydrogen) atoms. The summed E-state index contributed by atoms with van der Waals surface area (Å²) in [6.45, 7) is 2.03. The summed E-state index contributed by atoms with van der Waals surface area (Å²) in [6, 6.07) is 10.9. The maximum Gasteiger partial charge on any atom is 0.418 e. The predicted octanol–water partition coefficient (Wildman–Crippen LogP) is 2.79. The van der Waals surface area contributed by atoms with Gasteiger partial charge in [-0.1, -0.05) is 37.3 Å². The smallest absolute Gasteiger partial charge is 0.418 e. The van der Waals surface area contributed by atoms with E-state index < -0.39 is 12.0 Å². The lowest BCUT2D eigenvalue weighted by Crippen LogP contribution is -2.26. The van der Waals surface area contributed by atoms with Gasteiger partial charge in [0.25, 0.3) is 5.91 Å². The Morgan fingerprint density at radius 3 is 2.57 bits per heavy atom. The van der Waals surface area contributed by atoms with Crippen LogP contribution in [0.3, 0.4) is 0 Å². The van der Waals surface area contributed by atoms with E-state index in [1.54, 1.807) is 18.5 Å². The number of nitrogens with zero attached hydrogens (tertiary/aromatic N) is 3. The Hall–Kier alpha value is -3.07. The lowest BCUT2D eigenvalue weighted by atomic mass is 10.2. The molecule has 0 spiro atoms. The van der Waals surface area contributed by atoms with E-state index in [9.17, 15) is 9.59 Å². The predicted molar refractivity (Wildman–Crippen MR) is 83.5 cm³/mol. The van der Waals surface area contributed by atoms with Crippen molar-refractivity contribution in [1.82, 2.24) is 9.47 Å². The molecule has 6 heteroatoms. The molecule has 6 nitrogen and oxygen atoms in total. The maximum absolute atomic E-state index is 12.3. The van der Waals surface area contributed by atoms with Gasteiger partial charge < -0.3 is 4.74 Å². The Bertz CT molecular complexity index is 744. The number of amides is 1. The molecule has 0 unspecified atom stereocenters. The molecule has 2 aromatic rings. The molecule has 1 aromatic heterocycles. The molecule has 0 aliphatic carbocycles. The van der Waals surface area contributed by atoms with Gasteiger partial charge in [-0.15, -0.1) is 0 Å². The molecule has 0 atom stereocenters. The molecule has 0 radical (unpaired) electrons. The van der Waals surface area contributed by atoms with E-state index in [-0.39, 0.29) is 12.3 Å². The average molecular weight is 311 g/mol. The Labute approximate surface area is 134 Å². The third kappa shape index (κ3) is 3.77. The second-order valence-electron chi connectivity index (χ2n) is 4.96. The molecular weight excluding hydrogens is 294 g/mol. The number of ether oxygens (including phenoxy) is 1. The summed E-state index contributed by atoms with van der Waals surface area (Å²) in [5.74, 6) is -0.552. The van der Waals surface area contributed by atoms with E-state index in [2.05, 4.69) is 0 Å². The maximum atomic E-state index is 12.3. The first-order valence-electron chi connectivity index (χ1n) is 7.17. The number of rotatable bonds is 4. The molecule has 0 aliphatic rings. The number of aryl methyl sites for hydroxylation is 1. The van der Waals surface area contributed by atoms with Crippen molar-refractivity contribution >= 4 is 12.0 Å². The van der Waals surface area contributed by atoms with Gasteiger partial charge in [0.1, 0.15) is 12.3 Å². The summed E-state index contributed by atoms with van der Waals surface area (Å²) in [4.78, 5) is 25.3. The minimum Gasteiger partial charge on any atom is -0.444 e. The third-order valence-corrected chi connectivity index (χ3v) is 3.36. The van der Waals surface area contributed by atoms with Gasteiger partial charge in [0.05, 0.1) is 0 Å². The van der Waals surface area contributed by atoms with Gasteiger partial charge in [0.15, 0.2) is 6.19 Å². The summed E-state index contributed by atoms with van der Waals surface area (Å²) in [5, 5.41) is 8.84. The molecule has 0 saturated heterocycles. The minimum atomic E-state index is -0.650. The van der Waals surface area contributed by atoms with E-state index in [0.717, 1.165) is 20.6 Å². The van der Waals surface area contributed by atoms with Crippen molar-refractivity contribution in [2.45, 2.75) is 20.0 Å². The van der Waals surface area contributed by atoms with Crippen LogP contribution in [0.5, 0.6) is 0 Å². The zero-order valence-electron chi connectivity index (χ0n) is 13.0. The van der Waals surface area contributed by atoms with Crippen molar-refractivity contribution < 1.29 is 14.3 Å². The van der Waals surface area contributed by atoms with Crippen molar-refractivity contribution in [3.8, 4) is 6.19 Å². The highest BCUT2D eigenvalue weighted by Crippen LogP contribution is 2.13. The Morgan fingerprint density at radius 2 is 1.96 bits per heavy atom. The SMILES string of the molecule is CCc1cc(C(=O)N(C)C#N)n(C(=O)OCc2ccccc2)c1. The highest BCUT2D eigenvalue weighted by Gasteiger charge is 2.21. The second-order valence-corrected chi connectivity index (χ2v) is 4.96. The topological polar surface area (TPSA) is 75.3 Å². The van der Waals surface area contributed by atoms with Crippen LogP contribution in [0, 0.1) is 11.5 Å². The first kappa shape index (κ1) is 16.3. The summed E-state index contributed by atoms with van der Waals surface area (Å²) in [7, 11) is 1.35. The fourth-order valence-corrected chi connectivity index (χ4v) is 2.03. The lowest BCUT2D eigenvalue weighted by molar-refractivity contribution is 0.0842. The van der Waals surface area contributed by atoms with Crippen LogP contribution in [0.25, 0.3) is 0 Å². The zero-order chi connectivity index (χ0) is 16.8. The number of carbonyl (C=O) groups excluding carboxylic acids is 2. The quantitative estimate of drug-likeness (QED) is 0.642. The summed E-state index contributed by atoms with van der Waals surface area (Å²) in [5.41, 5.74) is 1.78. The summed E-state index contributed by atoms with van der Waals surface area (Å²) in [6.07, 6.45) is 3.31. The minimum absolute atomic E-state index is 0.112. The van der Waals surface area contributed by atoms with Crippen molar-refractivity contribution in [2.24, 2.45) is 0 Å². The van der Waals surface area contributed by atoms with Crippen LogP contribution in [0.4, 0.5) is 4.79 Å². The Morgan fingerprint density at radius 1 is 1.26 bits per heavy atom. The summed E-state index contributed by atoms with van der Waals surface area (Å²) < 4.78 is 6.40. The Balaban J connectivity index is 2.20. The van der Waals surface area contributed by atoms with E-state index in [0.29, 0.717) is 6.42 Å². The van der Waals surface area contributed by atoms with Gasteiger partial charge in [-0.25, -0.2) is 14.3 Å². The number of benzene rings is 1. The molecule has 118 valence electrons. The molecule has 0 aliphatic heterocycles.